The first-order valence-corrected chi connectivity index (χ1v) is 6.84. The zero-order valence-corrected chi connectivity index (χ0v) is 12.0. The van der Waals surface area contributed by atoms with Gasteiger partial charge in [0.15, 0.2) is 0 Å². The Morgan fingerprint density at radius 1 is 1.15 bits per heavy atom. The first kappa shape index (κ1) is 14.2. The van der Waals surface area contributed by atoms with Crippen molar-refractivity contribution >= 4 is 11.5 Å². The van der Waals surface area contributed by atoms with Gasteiger partial charge in [0.25, 0.3) is 0 Å². The van der Waals surface area contributed by atoms with Gasteiger partial charge < -0.3 is 15.4 Å². The highest BCUT2D eigenvalue weighted by Crippen LogP contribution is 2.20. The number of rotatable bonds is 6. The van der Waals surface area contributed by atoms with E-state index in [4.69, 9.17) is 10.5 Å². The van der Waals surface area contributed by atoms with Crippen molar-refractivity contribution in [2.24, 2.45) is 0 Å². The molecule has 0 radical (unpaired) electrons. The number of nitrogen functional groups attached to an aromatic ring is 1. The van der Waals surface area contributed by atoms with E-state index in [0.717, 1.165) is 36.6 Å². The van der Waals surface area contributed by atoms with E-state index in [1.807, 2.05) is 36.4 Å². The van der Waals surface area contributed by atoms with Gasteiger partial charge in [-0.15, -0.1) is 0 Å². The highest BCUT2D eigenvalue weighted by atomic mass is 16.5. The minimum Gasteiger partial charge on any atom is -0.481 e. The molecule has 2 N–H and O–H groups in total. The summed E-state index contributed by atoms with van der Waals surface area (Å²) in [5.41, 5.74) is 7.96. The maximum atomic E-state index is 6.03. The molecule has 0 atom stereocenters. The van der Waals surface area contributed by atoms with Gasteiger partial charge in [-0.25, -0.2) is 0 Å². The van der Waals surface area contributed by atoms with Crippen molar-refractivity contribution in [2.45, 2.75) is 19.9 Å². The van der Waals surface area contributed by atoms with Crippen LogP contribution in [0.25, 0.3) is 0 Å². The van der Waals surface area contributed by atoms with Crippen LogP contribution in [0.4, 0.5) is 11.5 Å². The normalized spacial score (nSPS) is 10.3. The fraction of sp³-hybridized carbons (Fsp3) is 0.312. The average Bonchev–Trinajstić information content (AvgIpc) is 2.49. The summed E-state index contributed by atoms with van der Waals surface area (Å²) in [5.74, 6) is 1.54. The number of aromatic nitrogens is 1. The van der Waals surface area contributed by atoms with Gasteiger partial charge in [0.05, 0.1) is 7.11 Å². The second-order valence-corrected chi connectivity index (χ2v) is 4.66. The molecular formula is C16H21N3O. The fourth-order valence-corrected chi connectivity index (χ4v) is 2.12. The number of para-hydroxylation sites is 1. The number of nitrogens with two attached hydrogens (primary N) is 1. The number of methoxy groups -OCH3 is 1. The number of anilines is 2. The predicted molar refractivity (Wildman–Crippen MR) is 83.0 cm³/mol. The standard InChI is InChI=1S/C16H21N3O/c1-3-11-19(12-13-7-4-5-8-14(13)17)15-9-6-10-16(18-15)20-2/h4-10H,3,11-12,17H2,1-2H3. The Labute approximate surface area is 120 Å². The van der Waals surface area contributed by atoms with Gasteiger partial charge in [-0.1, -0.05) is 31.2 Å². The van der Waals surface area contributed by atoms with Gasteiger partial charge in [-0.2, -0.15) is 4.98 Å². The van der Waals surface area contributed by atoms with Crippen LogP contribution in [0.2, 0.25) is 0 Å². The van der Waals surface area contributed by atoms with Crippen molar-refractivity contribution in [3.63, 3.8) is 0 Å². The van der Waals surface area contributed by atoms with Gasteiger partial charge in [0.1, 0.15) is 5.82 Å². The first-order valence-electron chi connectivity index (χ1n) is 6.84. The highest BCUT2D eigenvalue weighted by molar-refractivity contribution is 5.50. The average molecular weight is 271 g/mol. The fourth-order valence-electron chi connectivity index (χ4n) is 2.12. The van der Waals surface area contributed by atoms with E-state index in [2.05, 4.69) is 22.9 Å². The molecule has 1 heterocycles. The molecule has 0 unspecified atom stereocenters. The highest BCUT2D eigenvalue weighted by Gasteiger charge is 2.10. The molecule has 1 aromatic heterocycles. The zero-order valence-electron chi connectivity index (χ0n) is 12.0. The molecule has 0 saturated heterocycles. The minimum atomic E-state index is 0.629. The lowest BCUT2D eigenvalue weighted by Gasteiger charge is -2.24. The van der Waals surface area contributed by atoms with Crippen LogP contribution in [0.5, 0.6) is 5.88 Å². The minimum absolute atomic E-state index is 0.629. The van der Waals surface area contributed by atoms with Crippen molar-refractivity contribution in [3.05, 3.63) is 48.0 Å². The molecule has 0 fully saturated rings. The molecule has 20 heavy (non-hydrogen) atoms. The molecular weight excluding hydrogens is 250 g/mol. The SMILES string of the molecule is CCCN(Cc1ccccc1N)c1cccc(OC)n1. The summed E-state index contributed by atoms with van der Waals surface area (Å²) in [6, 6.07) is 13.7. The number of benzene rings is 1. The molecule has 0 bridgehead atoms. The van der Waals surface area contributed by atoms with Gasteiger partial charge in [0.2, 0.25) is 5.88 Å². The maximum absolute atomic E-state index is 6.03. The molecule has 0 aliphatic rings. The molecule has 0 saturated carbocycles. The van der Waals surface area contributed by atoms with E-state index in [1.165, 1.54) is 0 Å². The number of pyridine rings is 1. The maximum Gasteiger partial charge on any atom is 0.214 e. The van der Waals surface area contributed by atoms with Crippen LogP contribution in [0, 0.1) is 0 Å². The van der Waals surface area contributed by atoms with Crippen LogP contribution in [0.3, 0.4) is 0 Å². The van der Waals surface area contributed by atoms with E-state index in [1.54, 1.807) is 7.11 Å². The summed E-state index contributed by atoms with van der Waals surface area (Å²) in [7, 11) is 1.63. The molecule has 0 aliphatic heterocycles. The Morgan fingerprint density at radius 3 is 2.65 bits per heavy atom. The summed E-state index contributed by atoms with van der Waals surface area (Å²) in [6.45, 7) is 3.83. The van der Waals surface area contributed by atoms with Crippen LogP contribution in [-0.2, 0) is 6.54 Å². The van der Waals surface area contributed by atoms with Crippen LogP contribution in [0.1, 0.15) is 18.9 Å². The van der Waals surface area contributed by atoms with Crippen molar-refractivity contribution in [1.82, 2.24) is 4.98 Å². The zero-order chi connectivity index (χ0) is 14.4. The molecule has 0 aliphatic carbocycles. The van der Waals surface area contributed by atoms with Crippen LogP contribution in [-0.4, -0.2) is 18.6 Å². The lowest BCUT2D eigenvalue weighted by molar-refractivity contribution is 0.397. The summed E-state index contributed by atoms with van der Waals surface area (Å²) >= 11 is 0. The van der Waals surface area contributed by atoms with Crippen molar-refractivity contribution in [1.29, 1.82) is 0 Å². The number of ether oxygens (including phenoxy) is 1. The largest absolute Gasteiger partial charge is 0.481 e. The van der Waals surface area contributed by atoms with Crippen LogP contribution >= 0.6 is 0 Å². The number of hydrogen-bond acceptors (Lipinski definition) is 4. The van der Waals surface area contributed by atoms with Gasteiger partial charge >= 0.3 is 0 Å². The Bertz CT molecular complexity index is 557. The summed E-state index contributed by atoms with van der Waals surface area (Å²) < 4.78 is 5.19. The first-order chi connectivity index (χ1) is 9.74. The second kappa shape index (κ2) is 6.80. The molecule has 1 aromatic carbocycles. The molecule has 4 heteroatoms. The second-order valence-electron chi connectivity index (χ2n) is 4.66. The van der Waals surface area contributed by atoms with Crippen LogP contribution < -0.4 is 15.4 Å². The summed E-state index contributed by atoms with van der Waals surface area (Å²) in [5, 5.41) is 0. The van der Waals surface area contributed by atoms with E-state index in [-0.39, 0.29) is 0 Å². The number of nitrogens with zero attached hydrogens (tertiary/aromatic N) is 2. The topological polar surface area (TPSA) is 51.4 Å². The summed E-state index contributed by atoms with van der Waals surface area (Å²) in [6.07, 6.45) is 1.05. The monoisotopic (exact) mass is 271 g/mol. The predicted octanol–water partition coefficient (Wildman–Crippen LogP) is 3.09. The van der Waals surface area contributed by atoms with Gasteiger partial charge in [-0.05, 0) is 24.1 Å². The Balaban J connectivity index is 2.24. The van der Waals surface area contributed by atoms with E-state index in [0.29, 0.717) is 5.88 Å². The summed E-state index contributed by atoms with van der Waals surface area (Å²) in [4.78, 5) is 6.72. The lowest BCUT2D eigenvalue weighted by atomic mass is 10.1. The molecule has 0 spiro atoms. The lowest BCUT2D eigenvalue weighted by Crippen LogP contribution is -2.25. The van der Waals surface area contributed by atoms with Gasteiger partial charge in [0, 0.05) is 24.8 Å². The Kier molecular flexibility index (Phi) is 4.82. The number of hydrogen-bond donors (Lipinski definition) is 1. The third-order valence-corrected chi connectivity index (χ3v) is 3.15. The van der Waals surface area contributed by atoms with Crippen molar-refractivity contribution < 1.29 is 4.74 Å². The Hall–Kier alpha value is -2.23. The third kappa shape index (κ3) is 3.41. The van der Waals surface area contributed by atoms with E-state index in [9.17, 15) is 0 Å². The molecule has 4 nitrogen and oxygen atoms in total. The van der Waals surface area contributed by atoms with Crippen LogP contribution in [0.15, 0.2) is 42.5 Å². The molecule has 0 amide bonds. The quantitative estimate of drug-likeness (QED) is 0.820. The Morgan fingerprint density at radius 2 is 1.95 bits per heavy atom. The molecule has 106 valence electrons. The smallest absolute Gasteiger partial charge is 0.214 e. The molecule has 2 rings (SSSR count). The van der Waals surface area contributed by atoms with Crippen molar-refractivity contribution in [2.75, 3.05) is 24.3 Å². The van der Waals surface area contributed by atoms with E-state index >= 15 is 0 Å². The van der Waals surface area contributed by atoms with E-state index < -0.39 is 0 Å². The third-order valence-electron chi connectivity index (χ3n) is 3.15. The van der Waals surface area contributed by atoms with Crippen molar-refractivity contribution in [3.8, 4) is 5.88 Å². The molecule has 2 aromatic rings. The van der Waals surface area contributed by atoms with Gasteiger partial charge in [-0.3, -0.25) is 0 Å².